The number of nitrogens with zero attached hydrogens (tertiary/aromatic N) is 1. The molecule has 0 atom stereocenters. The van der Waals surface area contributed by atoms with Crippen LogP contribution in [0, 0.1) is 0 Å². The summed E-state index contributed by atoms with van der Waals surface area (Å²) < 4.78 is 6.06. The molecule has 0 saturated heterocycles. The topological polar surface area (TPSA) is 77.2 Å². The molecule has 3 aromatic rings. The van der Waals surface area contributed by atoms with Gasteiger partial charge in [0.2, 0.25) is 0 Å². The fourth-order valence-corrected chi connectivity index (χ4v) is 3.21. The van der Waals surface area contributed by atoms with Crippen molar-refractivity contribution in [3.8, 4) is 5.75 Å². The minimum absolute atomic E-state index is 0.238. The molecule has 2 aromatic carbocycles. The second-order valence-corrected chi connectivity index (χ2v) is 8.09. The highest BCUT2D eigenvalue weighted by Gasteiger charge is 2.25. The fourth-order valence-electron chi connectivity index (χ4n) is 2.69. The molecule has 3 N–H and O–H groups in total. The van der Waals surface area contributed by atoms with E-state index in [4.69, 9.17) is 45.3 Å². The smallest absolute Gasteiger partial charge is 0.257 e. The van der Waals surface area contributed by atoms with Crippen LogP contribution >= 0.6 is 34.8 Å². The molecule has 5 nitrogen and oxygen atoms in total. The summed E-state index contributed by atoms with van der Waals surface area (Å²) >= 11 is 18.1. The van der Waals surface area contributed by atoms with Crippen molar-refractivity contribution < 1.29 is 9.53 Å². The van der Waals surface area contributed by atoms with Crippen LogP contribution < -0.4 is 15.8 Å². The Bertz CT molecular complexity index is 1070. The second-order valence-electron chi connectivity index (χ2n) is 6.81. The van der Waals surface area contributed by atoms with Gasteiger partial charge in [-0.1, -0.05) is 46.9 Å². The second kappa shape index (κ2) is 8.49. The van der Waals surface area contributed by atoms with Gasteiger partial charge in [0.15, 0.2) is 11.6 Å². The van der Waals surface area contributed by atoms with Crippen LogP contribution in [0.1, 0.15) is 29.8 Å². The van der Waals surface area contributed by atoms with Crippen LogP contribution in [-0.2, 0) is 5.60 Å². The van der Waals surface area contributed by atoms with E-state index in [0.717, 1.165) is 5.56 Å². The number of carbonyl (C=O) groups is 1. The monoisotopic (exact) mass is 449 g/mol. The third-order valence-corrected chi connectivity index (χ3v) is 4.97. The molecule has 0 fully saturated rings. The molecule has 0 spiro atoms. The number of carbonyl (C=O) groups excluding carboxylic acids is 1. The Balaban J connectivity index is 1.83. The molecule has 0 aliphatic carbocycles. The SMILES string of the molecule is CC(C)(Oc1cc(Cl)cnc1N)c1cccc(NC(=O)c2cc(Cl)ccc2Cl)c1. The molecular weight excluding hydrogens is 433 g/mol. The summed E-state index contributed by atoms with van der Waals surface area (Å²) in [5, 5.41) is 3.99. The molecule has 1 amide bonds. The van der Waals surface area contributed by atoms with Crippen molar-refractivity contribution in [3.05, 3.63) is 80.9 Å². The number of benzene rings is 2. The Morgan fingerprint density at radius 2 is 1.83 bits per heavy atom. The minimum atomic E-state index is -0.769. The standard InChI is InChI=1S/C21H18Cl3N3O2/c1-21(2,29-18-10-14(23)11-26-19(18)25)12-4-3-5-15(8-12)27-20(28)16-9-13(22)6-7-17(16)24/h3-11H,1-2H3,(H2,25,26)(H,27,28). The number of halogens is 3. The van der Waals surface area contributed by atoms with Crippen LogP contribution in [0.2, 0.25) is 15.1 Å². The third-order valence-electron chi connectivity index (χ3n) is 4.20. The average molecular weight is 451 g/mol. The van der Waals surface area contributed by atoms with Crippen LogP contribution in [0.3, 0.4) is 0 Å². The van der Waals surface area contributed by atoms with E-state index in [-0.39, 0.29) is 17.3 Å². The maximum absolute atomic E-state index is 12.6. The Morgan fingerprint density at radius 1 is 1.07 bits per heavy atom. The van der Waals surface area contributed by atoms with Crippen molar-refractivity contribution in [2.75, 3.05) is 11.1 Å². The summed E-state index contributed by atoms with van der Waals surface area (Å²) in [5.74, 6) is 0.252. The van der Waals surface area contributed by atoms with E-state index >= 15 is 0 Å². The van der Waals surface area contributed by atoms with Gasteiger partial charge in [-0.05, 0) is 49.7 Å². The first kappa shape index (κ1) is 21.2. The predicted octanol–water partition coefficient (Wildman–Crippen LogP) is 6.19. The molecule has 3 rings (SSSR count). The van der Waals surface area contributed by atoms with Gasteiger partial charge in [0.25, 0.3) is 5.91 Å². The van der Waals surface area contributed by atoms with Crippen LogP contribution in [0.5, 0.6) is 5.75 Å². The van der Waals surface area contributed by atoms with Gasteiger partial charge in [0.1, 0.15) is 5.60 Å². The lowest BCUT2D eigenvalue weighted by Crippen LogP contribution is -2.26. The van der Waals surface area contributed by atoms with E-state index in [1.165, 1.54) is 12.3 Å². The Hall–Kier alpha value is -2.47. The maximum atomic E-state index is 12.6. The lowest BCUT2D eigenvalue weighted by atomic mass is 9.97. The highest BCUT2D eigenvalue weighted by Crippen LogP contribution is 2.33. The van der Waals surface area contributed by atoms with E-state index in [0.29, 0.717) is 26.5 Å². The number of pyridine rings is 1. The molecule has 29 heavy (non-hydrogen) atoms. The molecule has 1 heterocycles. The normalized spacial score (nSPS) is 11.2. The van der Waals surface area contributed by atoms with Gasteiger partial charge in [0.05, 0.1) is 15.6 Å². The largest absolute Gasteiger partial charge is 0.479 e. The zero-order chi connectivity index (χ0) is 21.2. The summed E-state index contributed by atoms with van der Waals surface area (Å²) in [6, 6.07) is 13.6. The molecule has 0 saturated carbocycles. The number of ether oxygens (including phenoxy) is 1. The summed E-state index contributed by atoms with van der Waals surface area (Å²) in [7, 11) is 0. The van der Waals surface area contributed by atoms with Crippen LogP contribution in [-0.4, -0.2) is 10.9 Å². The lowest BCUT2D eigenvalue weighted by Gasteiger charge is -2.28. The molecular formula is C21H18Cl3N3O2. The number of hydrogen-bond acceptors (Lipinski definition) is 4. The van der Waals surface area contributed by atoms with Gasteiger partial charge in [0, 0.05) is 23.0 Å². The van der Waals surface area contributed by atoms with Crippen LogP contribution in [0.15, 0.2) is 54.7 Å². The highest BCUT2D eigenvalue weighted by molar-refractivity contribution is 6.36. The first-order chi connectivity index (χ1) is 13.7. The minimum Gasteiger partial charge on any atom is -0.479 e. The zero-order valence-corrected chi connectivity index (χ0v) is 17.9. The number of rotatable bonds is 5. The first-order valence-electron chi connectivity index (χ1n) is 8.63. The number of hydrogen-bond donors (Lipinski definition) is 2. The lowest BCUT2D eigenvalue weighted by molar-refractivity contribution is 0.102. The highest BCUT2D eigenvalue weighted by atomic mass is 35.5. The number of anilines is 2. The van der Waals surface area contributed by atoms with Crippen molar-refractivity contribution in [2.24, 2.45) is 0 Å². The average Bonchev–Trinajstić information content (AvgIpc) is 2.66. The van der Waals surface area contributed by atoms with Crippen molar-refractivity contribution in [1.29, 1.82) is 0 Å². The molecule has 150 valence electrons. The Labute approximate surface area is 183 Å². The van der Waals surface area contributed by atoms with Crippen LogP contribution in [0.25, 0.3) is 0 Å². The van der Waals surface area contributed by atoms with Crippen molar-refractivity contribution >= 4 is 52.2 Å². The van der Waals surface area contributed by atoms with E-state index in [2.05, 4.69) is 10.3 Å². The molecule has 0 aliphatic rings. The first-order valence-corrected chi connectivity index (χ1v) is 9.76. The Kier molecular flexibility index (Phi) is 6.22. The molecule has 0 radical (unpaired) electrons. The number of nitrogens with one attached hydrogen (secondary N) is 1. The number of nitrogens with two attached hydrogens (primary N) is 1. The Morgan fingerprint density at radius 3 is 2.59 bits per heavy atom. The van der Waals surface area contributed by atoms with E-state index in [1.54, 1.807) is 24.3 Å². The van der Waals surface area contributed by atoms with Gasteiger partial charge in [-0.3, -0.25) is 4.79 Å². The van der Waals surface area contributed by atoms with Gasteiger partial charge in [-0.2, -0.15) is 0 Å². The molecule has 8 heteroatoms. The fraction of sp³-hybridized carbons (Fsp3) is 0.143. The maximum Gasteiger partial charge on any atom is 0.257 e. The van der Waals surface area contributed by atoms with E-state index < -0.39 is 5.60 Å². The summed E-state index contributed by atoms with van der Waals surface area (Å²) in [6.07, 6.45) is 1.45. The summed E-state index contributed by atoms with van der Waals surface area (Å²) in [4.78, 5) is 16.6. The van der Waals surface area contributed by atoms with Crippen LogP contribution in [0.4, 0.5) is 11.5 Å². The summed E-state index contributed by atoms with van der Waals surface area (Å²) in [6.45, 7) is 3.75. The van der Waals surface area contributed by atoms with E-state index in [9.17, 15) is 4.79 Å². The molecule has 0 aliphatic heterocycles. The molecule has 0 unspecified atom stereocenters. The summed E-state index contributed by atoms with van der Waals surface area (Å²) in [5.41, 5.74) is 6.80. The third kappa shape index (κ3) is 5.12. The molecule has 1 aromatic heterocycles. The number of aromatic nitrogens is 1. The van der Waals surface area contributed by atoms with E-state index in [1.807, 2.05) is 32.0 Å². The van der Waals surface area contributed by atoms with Crippen molar-refractivity contribution in [2.45, 2.75) is 19.4 Å². The van der Waals surface area contributed by atoms with Gasteiger partial charge in [-0.15, -0.1) is 0 Å². The zero-order valence-electron chi connectivity index (χ0n) is 15.7. The van der Waals surface area contributed by atoms with Gasteiger partial charge >= 0.3 is 0 Å². The predicted molar refractivity (Wildman–Crippen MR) is 118 cm³/mol. The van der Waals surface area contributed by atoms with Crippen molar-refractivity contribution in [3.63, 3.8) is 0 Å². The van der Waals surface area contributed by atoms with Gasteiger partial charge < -0.3 is 15.8 Å². The quantitative estimate of drug-likeness (QED) is 0.486. The molecule has 0 bridgehead atoms. The number of amides is 1. The van der Waals surface area contributed by atoms with Crippen molar-refractivity contribution in [1.82, 2.24) is 4.98 Å². The number of nitrogen functional groups attached to an aromatic ring is 1. The van der Waals surface area contributed by atoms with Gasteiger partial charge in [-0.25, -0.2) is 4.98 Å².